The first-order chi connectivity index (χ1) is 17.1. The third-order valence-electron chi connectivity index (χ3n) is 6.97. The average molecular weight is 517 g/mol. The summed E-state index contributed by atoms with van der Waals surface area (Å²) in [6, 6.07) is 0. The SMILES string of the molecule is C#C.C/C=C(C)/C=C(\C=C/CCC)SC.CCC(C)(C)NC(=O)C1C2CC1CN(C)C2.O=CC1CC1. The standard InChI is InChI=1S/C13H24N2O.C12H20S.C4H6O.C2H2/c1-5-13(2,3)14-12(16)11-9-6-10(11)8-15(4)7-9;1-5-7-8-9-12(13-4)10-11(3)6-2;5-3-4-1-2-4;1-2/h9-11H,5-8H2,1-4H3,(H,14,16);6,8-10H,5,7H2,1-4H3;3-4H,1-2H2;1-2H/b;9-8-,11-6+,12-10+;;. The Labute approximate surface area is 226 Å². The van der Waals surface area contributed by atoms with Gasteiger partial charge in [0.1, 0.15) is 6.29 Å². The molecule has 1 N–H and O–H groups in total. The first-order valence-corrected chi connectivity index (χ1v) is 14.7. The van der Waals surface area contributed by atoms with Gasteiger partial charge in [-0.3, -0.25) is 4.79 Å². The van der Waals surface area contributed by atoms with Crippen molar-refractivity contribution in [3.8, 4) is 12.8 Å². The molecule has 0 aromatic carbocycles. The Morgan fingerprint density at radius 2 is 1.75 bits per heavy atom. The van der Waals surface area contributed by atoms with E-state index >= 15 is 0 Å². The van der Waals surface area contributed by atoms with Crippen LogP contribution in [0.4, 0.5) is 0 Å². The minimum Gasteiger partial charge on any atom is -0.351 e. The van der Waals surface area contributed by atoms with Crippen LogP contribution in [0, 0.1) is 36.5 Å². The normalized spacial score (nSPS) is 23.6. The van der Waals surface area contributed by atoms with Gasteiger partial charge in [-0.15, -0.1) is 24.6 Å². The summed E-state index contributed by atoms with van der Waals surface area (Å²) >= 11 is 1.80. The predicted molar refractivity (Wildman–Crippen MR) is 159 cm³/mol. The van der Waals surface area contributed by atoms with Crippen molar-refractivity contribution < 1.29 is 9.59 Å². The molecule has 204 valence electrons. The zero-order valence-electron chi connectivity index (χ0n) is 24.2. The fourth-order valence-electron chi connectivity index (χ4n) is 4.14. The largest absolute Gasteiger partial charge is 0.351 e. The summed E-state index contributed by atoms with van der Waals surface area (Å²) < 4.78 is 0. The number of hydrogen-bond acceptors (Lipinski definition) is 4. The fourth-order valence-corrected chi connectivity index (χ4v) is 4.67. The molecular formula is C31H52N2O2S. The first-order valence-electron chi connectivity index (χ1n) is 13.4. The van der Waals surface area contributed by atoms with Gasteiger partial charge in [0.2, 0.25) is 5.91 Å². The van der Waals surface area contributed by atoms with Gasteiger partial charge in [-0.1, -0.05) is 44.1 Å². The Bertz CT molecular complexity index is 750. The van der Waals surface area contributed by atoms with E-state index in [2.05, 4.69) is 102 Å². The lowest BCUT2D eigenvalue weighted by Gasteiger charge is -2.52. The van der Waals surface area contributed by atoms with Gasteiger partial charge in [0.15, 0.2) is 0 Å². The molecule has 0 spiro atoms. The van der Waals surface area contributed by atoms with Crippen LogP contribution in [0.25, 0.3) is 0 Å². The molecule has 4 fully saturated rings. The number of amides is 1. The maximum absolute atomic E-state index is 12.2. The molecule has 0 aromatic heterocycles. The van der Waals surface area contributed by atoms with E-state index in [-0.39, 0.29) is 5.54 Å². The highest BCUT2D eigenvalue weighted by molar-refractivity contribution is 8.02. The van der Waals surface area contributed by atoms with E-state index in [0.717, 1.165) is 38.6 Å². The number of fused-ring (bicyclic) bond motifs is 2. The topological polar surface area (TPSA) is 49.4 Å². The van der Waals surface area contributed by atoms with Gasteiger partial charge in [-0.05, 0) is 91.0 Å². The molecule has 2 heterocycles. The van der Waals surface area contributed by atoms with E-state index in [1.54, 1.807) is 11.8 Å². The molecule has 1 amide bonds. The van der Waals surface area contributed by atoms with Crippen molar-refractivity contribution in [1.82, 2.24) is 10.2 Å². The van der Waals surface area contributed by atoms with E-state index in [9.17, 15) is 9.59 Å². The second kappa shape index (κ2) is 18.5. The molecule has 0 aromatic rings. The molecule has 4 aliphatic rings. The molecule has 2 unspecified atom stereocenters. The lowest BCUT2D eigenvalue weighted by atomic mass is 9.61. The monoisotopic (exact) mass is 516 g/mol. The second-order valence-electron chi connectivity index (χ2n) is 10.7. The molecule has 2 saturated carbocycles. The van der Waals surface area contributed by atoms with Crippen molar-refractivity contribution in [2.24, 2.45) is 23.7 Å². The molecule has 2 bridgehead atoms. The van der Waals surface area contributed by atoms with Gasteiger partial charge in [0.05, 0.1) is 0 Å². The number of terminal acetylenes is 1. The van der Waals surface area contributed by atoms with Gasteiger partial charge in [0, 0.05) is 35.4 Å². The van der Waals surface area contributed by atoms with Gasteiger partial charge >= 0.3 is 0 Å². The zero-order chi connectivity index (χ0) is 27.7. The number of allylic oxidation sites excluding steroid dienone is 5. The van der Waals surface area contributed by atoms with E-state index in [0.29, 0.717) is 29.6 Å². The molecule has 5 heteroatoms. The summed E-state index contributed by atoms with van der Waals surface area (Å²) in [6.45, 7) is 14.9. The molecule has 2 atom stereocenters. The third-order valence-corrected chi connectivity index (χ3v) is 7.70. The molecule has 2 aliphatic carbocycles. The summed E-state index contributed by atoms with van der Waals surface area (Å²) in [6.07, 6.45) is 26.9. The zero-order valence-corrected chi connectivity index (χ0v) is 25.0. The van der Waals surface area contributed by atoms with E-state index < -0.39 is 0 Å². The Hall–Kier alpha value is -1.77. The van der Waals surface area contributed by atoms with Crippen molar-refractivity contribution in [2.75, 3.05) is 26.4 Å². The van der Waals surface area contributed by atoms with Crippen molar-refractivity contribution >= 4 is 24.0 Å². The van der Waals surface area contributed by atoms with E-state index in [4.69, 9.17) is 0 Å². The molecule has 0 radical (unpaired) electrons. The minimum absolute atomic E-state index is 0.0487. The fraction of sp³-hybridized carbons (Fsp3) is 0.677. The molecule has 4 nitrogen and oxygen atoms in total. The van der Waals surface area contributed by atoms with Gasteiger partial charge in [-0.25, -0.2) is 0 Å². The lowest BCUT2D eigenvalue weighted by Crippen LogP contribution is -2.60. The Morgan fingerprint density at radius 1 is 1.17 bits per heavy atom. The summed E-state index contributed by atoms with van der Waals surface area (Å²) in [5.41, 5.74) is 1.28. The number of thioether (sulfide) groups is 1. The lowest BCUT2D eigenvalue weighted by molar-refractivity contribution is -0.142. The Kier molecular flexibility index (Phi) is 17.6. The summed E-state index contributed by atoms with van der Waals surface area (Å²) in [5.74, 6) is 2.26. The quantitative estimate of drug-likeness (QED) is 0.206. The molecular weight excluding hydrogens is 464 g/mol. The highest BCUT2D eigenvalue weighted by Crippen LogP contribution is 2.45. The number of piperidine rings is 2. The van der Waals surface area contributed by atoms with Crippen LogP contribution in [-0.4, -0.2) is 49.0 Å². The molecule has 2 aliphatic heterocycles. The van der Waals surface area contributed by atoms with E-state index in [1.807, 2.05) is 0 Å². The van der Waals surface area contributed by atoms with Crippen molar-refractivity contribution in [3.05, 3.63) is 34.8 Å². The number of carbonyl (C=O) groups is 2. The van der Waals surface area contributed by atoms with Crippen LogP contribution in [0.15, 0.2) is 34.8 Å². The van der Waals surface area contributed by atoms with Gasteiger partial charge in [0.25, 0.3) is 0 Å². The van der Waals surface area contributed by atoms with Crippen molar-refractivity contribution in [1.29, 1.82) is 0 Å². The highest BCUT2D eigenvalue weighted by atomic mass is 32.2. The van der Waals surface area contributed by atoms with Crippen LogP contribution >= 0.6 is 11.8 Å². The van der Waals surface area contributed by atoms with Crippen LogP contribution in [0.3, 0.4) is 0 Å². The maximum atomic E-state index is 12.2. The number of aldehydes is 1. The minimum atomic E-state index is -0.0487. The number of nitrogens with zero attached hydrogens (tertiary/aromatic N) is 1. The number of rotatable bonds is 9. The van der Waals surface area contributed by atoms with Crippen LogP contribution in [0.1, 0.15) is 80.1 Å². The smallest absolute Gasteiger partial charge is 0.224 e. The third kappa shape index (κ3) is 13.5. The predicted octanol–water partition coefficient (Wildman–Crippen LogP) is 6.89. The Balaban J connectivity index is 0.000000547. The van der Waals surface area contributed by atoms with Crippen LogP contribution in [0.5, 0.6) is 0 Å². The van der Waals surface area contributed by atoms with Gasteiger partial charge < -0.3 is 15.0 Å². The van der Waals surface area contributed by atoms with Crippen molar-refractivity contribution in [3.63, 3.8) is 0 Å². The maximum Gasteiger partial charge on any atom is 0.224 e. The Morgan fingerprint density at radius 3 is 2.14 bits per heavy atom. The second-order valence-corrected chi connectivity index (χ2v) is 11.6. The van der Waals surface area contributed by atoms with Crippen molar-refractivity contribution in [2.45, 2.75) is 85.6 Å². The number of carbonyl (C=O) groups excluding carboxylic acids is 2. The highest BCUT2D eigenvalue weighted by Gasteiger charge is 2.49. The van der Waals surface area contributed by atoms with Crippen LogP contribution in [0.2, 0.25) is 0 Å². The molecule has 36 heavy (non-hydrogen) atoms. The van der Waals surface area contributed by atoms with Crippen LogP contribution in [-0.2, 0) is 9.59 Å². The van der Waals surface area contributed by atoms with Gasteiger partial charge in [-0.2, -0.15) is 0 Å². The molecule has 4 rings (SSSR count). The first kappa shape index (κ1) is 34.2. The van der Waals surface area contributed by atoms with Crippen LogP contribution < -0.4 is 5.32 Å². The number of hydrogen-bond donors (Lipinski definition) is 1. The van der Waals surface area contributed by atoms with E-state index in [1.165, 1.54) is 29.7 Å². The average Bonchev–Trinajstić information content (AvgIpc) is 3.69. The summed E-state index contributed by atoms with van der Waals surface area (Å²) in [5, 5.41) is 3.19. The molecule has 2 saturated heterocycles. The summed E-state index contributed by atoms with van der Waals surface area (Å²) in [7, 11) is 2.16. The summed E-state index contributed by atoms with van der Waals surface area (Å²) in [4.78, 5) is 25.4. The number of unbranched alkanes of at least 4 members (excludes halogenated alkanes) is 1. The number of nitrogens with one attached hydrogen (secondary N) is 1.